The number of sulfone groups is 2. The molecule has 624 valence electrons. The van der Waals surface area contributed by atoms with Crippen LogP contribution in [0.15, 0.2) is 171 Å². The van der Waals surface area contributed by atoms with Crippen molar-refractivity contribution in [1.82, 2.24) is 26.2 Å². The minimum atomic E-state index is -3.94. The van der Waals surface area contributed by atoms with Crippen molar-refractivity contribution in [3.63, 3.8) is 0 Å². The molecular weight excluding hydrogens is 1710 g/mol. The van der Waals surface area contributed by atoms with Gasteiger partial charge < -0.3 is 56.8 Å². The van der Waals surface area contributed by atoms with Crippen LogP contribution in [0.2, 0.25) is 0 Å². The monoisotopic (exact) mass is 1810 g/mol. The summed E-state index contributed by atoms with van der Waals surface area (Å²) in [6.45, 7) is 35.2. The SMILES string of the molecule is CC1(C)Cc2c(Br)cc(S(C)(=O)=O)cc2NC1=O.CC1(C)OB(B2OC(C)(C)C(C)(C)O2)OC1(C)C.Cc1ccc(S(=O)(=O)n2ccc3c(B4OC(C)(C)C(C)(C)O4)cn(C)c(=O)c32)cc1.Cc1ccc(S(=O)(=O)n2ccc3c(Br)cn(C)c(=O)c32)cc1.Cn1cc(-c2cc(S(C)(=O)=O)cc3c2CC(C)(C)C(=O)N3)c2ccn(C)c2c1=O. The third kappa shape index (κ3) is 17.2. The van der Waals surface area contributed by atoms with Gasteiger partial charge in [-0.1, -0.05) is 79.0 Å². The Bertz CT molecular complexity index is 6320. The summed E-state index contributed by atoms with van der Waals surface area (Å²) in [5.41, 5.74) is 3.07. The number of anilines is 2. The number of pyridine rings is 3. The molecule has 0 bridgehead atoms. The van der Waals surface area contributed by atoms with Gasteiger partial charge in [0.2, 0.25) is 11.8 Å². The summed E-state index contributed by atoms with van der Waals surface area (Å²) >= 11 is 6.74. The normalized spacial score (nSPS) is 18.6. The molecule has 3 fully saturated rings. The Morgan fingerprint density at radius 3 is 1.18 bits per heavy atom. The highest BCUT2D eigenvalue weighted by Gasteiger charge is 2.64. The Morgan fingerprint density at radius 2 is 0.744 bits per heavy atom. The standard InChI is InChI=1S/C21H25BN2O5S.C21H23N3O4S.C15H13BrN2O3S.C12H24B2O4.C12H14BrNO3S/c1-14-7-9-15(10-8-14)30(26,27)24-12-11-16-17(13-23(6)19(25)18(16)24)22-28-20(2,3)21(4,5)29-22;1-21(2)10-15-14(8-12(29(5,27)28)9-17(15)22-20(21)26)16-11-24(4)19(25)18-13(16)6-7-23(18)3;1-10-3-5-11(6-4-10)22(20,21)18-8-7-12-13(16)9-17(2)15(19)14(12)18;1-9(2)10(3,4)16-13(15-9)14-17-11(5,6)12(7,8)18-14;1-12(2)6-8-9(13)4-7(18(3,16)17)5-10(8)14-11(12)15/h7-13H,1-6H3;6-9,11H,10H2,1-5H3,(H,22,26);3-9H,1-2H3;1-8H3;4-5H,6H2,1-3H3,(H,14,15). The van der Waals surface area contributed by atoms with Gasteiger partial charge in [-0.3, -0.25) is 24.0 Å². The van der Waals surface area contributed by atoms with Crippen LogP contribution in [0.1, 0.15) is 133 Å². The summed E-state index contributed by atoms with van der Waals surface area (Å²) in [7, 11) is -9.56. The van der Waals surface area contributed by atoms with Gasteiger partial charge >= 0.3 is 21.1 Å². The van der Waals surface area contributed by atoms with Crippen LogP contribution in [-0.2, 0) is 118 Å². The van der Waals surface area contributed by atoms with E-state index in [1.807, 2.05) is 137 Å². The molecule has 0 radical (unpaired) electrons. The molecule has 4 aromatic carbocycles. The van der Waals surface area contributed by atoms with Crippen molar-refractivity contribution >= 4 is 154 Å². The molecule has 5 aliphatic heterocycles. The Kier molecular flexibility index (Phi) is 23.7. The van der Waals surface area contributed by atoms with E-state index in [1.54, 1.807) is 124 Å². The van der Waals surface area contributed by atoms with Crippen LogP contribution in [0, 0.1) is 24.7 Å². The molecule has 0 spiro atoms. The Morgan fingerprint density at radius 1 is 0.385 bits per heavy atom. The van der Waals surface area contributed by atoms with E-state index >= 15 is 0 Å². The molecule has 0 unspecified atom stereocenters. The summed E-state index contributed by atoms with van der Waals surface area (Å²) < 4.78 is 145. The molecule has 10 aromatic rings. The molecule has 2 amide bonds. The number of rotatable bonds is 9. The average Bonchev–Trinajstić information content (AvgIpc) is 1.72. The van der Waals surface area contributed by atoms with Gasteiger partial charge in [-0.25, -0.2) is 41.6 Å². The zero-order valence-corrected chi connectivity index (χ0v) is 76.5. The lowest BCUT2D eigenvalue weighted by Gasteiger charge is -2.32. The molecule has 15 rings (SSSR count). The van der Waals surface area contributed by atoms with Crippen molar-refractivity contribution in [1.29, 1.82) is 0 Å². The largest absolute Gasteiger partial charge is 0.497 e. The molecule has 0 aliphatic carbocycles. The van der Waals surface area contributed by atoms with Crippen molar-refractivity contribution < 1.29 is 71.2 Å². The van der Waals surface area contributed by atoms with Crippen LogP contribution in [0.4, 0.5) is 11.4 Å². The minimum absolute atomic E-state index is 0.0743. The maximum absolute atomic E-state index is 13.3. The van der Waals surface area contributed by atoms with Gasteiger partial charge in [-0.05, 0) is 209 Å². The lowest BCUT2D eigenvalue weighted by Crippen LogP contribution is -2.41. The maximum Gasteiger partial charge on any atom is 0.497 e. The molecule has 27 nitrogen and oxygen atoms in total. The second kappa shape index (κ2) is 30.9. The molecule has 6 aromatic heterocycles. The smallest absolute Gasteiger partial charge is 0.405 e. The van der Waals surface area contributed by atoms with E-state index in [0.29, 0.717) is 60.5 Å². The third-order valence-electron chi connectivity index (χ3n) is 23.1. The number of nitrogens with zero attached hydrogens (tertiary/aromatic N) is 6. The Labute approximate surface area is 700 Å². The highest BCUT2D eigenvalue weighted by atomic mass is 79.9. The Hall–Kier alpha value is -8.00. The Balaban J connectivity index is 0.000000146. The fourth-order valence-corrected chi connectivity index (χ4v) is 19.1. The summed E-state index contributed by atoms with van der Waals surface area (Å²) in [6.07, 6.45) is 13.0. The van der Waals surface area contributed by atoms with E-state index in [9.17, 15) is 57.6 Å². The van der Waals surface area contributed by atoms with E-state index in [2.05, 4.69) is 42.5 Å². The number of halogens is 2. The molecule has 0 atom stereocenters. The van der Waals surface area contributed by atoms with Crippen LogP contribution in [-0.4, -0.2) is 139 Å². The highest BCUT2D eigenvalue weighted by Crippen LogP contribution is 2.46. The summed E-state index contributed by atoms with van der Waals surface area (Å²) in [4.78, 5) is 62.9. The first-order chi connectivity index (χ1) is 53.6. The van der Waals surface area contributed by atoms with Gasteiger partial charge in [0.1, 0.15) is 16.6 Å². The number of aromatic nitrogens is 6. The first-order valence-electron chi connectivity index (χ1n) is 37.5. The van der Waals surface area contributed by atoms with Crippen molar-refractivity contribution in [3.8, 4) is 11.1 Å². The van der Waals surface area contributed by atoms with E-state index in [4.69, 9.17) is 27.9 Å². The van der Waals surface area contributed by atoms with Crippen molar-refractivity contribution in [2.45, 2.75) is 191 Å². The molecule has 36 heteroatoms. The quantitative estimate of drug-likeness (QED) is 0.127. The lowest BCUT2D eigenvalue weighted by molar-refractivity contribution is -0.125. The number of carbonyl (C=O) groups excluding carboxylic acids is 2. The van der Waals surface area contributed by atoms with Gasteiger partial charge in [0.25, 0.3) is 36.7 Å². The molecule has 5 aliphatic rings. The molecular formula is C81H99B3Br2N8O19S4. The molecule has 0 saturated carbocycles. The van der Waals surface area contributed by atoms with Gasteiger partial charge in [-0.15, -0.1) is 0 Å². The first kappa shape index (κ1) is 89.8. The van der Waals surface area contributed by atoms with Gasteiger partial charge in [-0.2, -0.15) is 0 Å². The van der Waals surface area contributed by atoms with E-state index < -0.39 is 88.4 Å². The number of carbonyl (C=O) groups is 2. The number of benzene rings is 4. The zero-order chi connectivity index (χ0) is 87.1. The molecule has 11 heterocycles. The fraction of sp³-hybridized carbons (Fsp3) is 0.420. The summed E-state index contributed by atoms with van der Waals surface area (Å²) in [6, 6.07) is 24.4. The van der Waals surface area contributed by atoms with Crippen LogP contribution in [0.5, 0.6) is 0 Å². The molecule has 3 saturated heterocycles. The zero-order valence-electron chi connectivity index (χ0n) is 70.1. The number of hydrogen-bond donors (Lipinski definition) is 2. The predicted molar refractivity (Wildman–Crippen MR) is 464 cm³/mol. The van der Waals surface area contributed by atoms with E-state index in [1.165, 1.54) is 38.2 Å². The maximum atomic E-state index is 13.3. The highest BCUT2D eigenvalue weighted by molar-refractivity contribution is 9.11. The van der Waals surface area contributed by atoms with E-state index in [0.717, 1.165) is 53.7 Å². The van der Waals surface area contributed by atoms with Gasteiger partial charge in [0.05, 0.1) is 53.2 Å². The first-order valence-corrected chi connectivity index (χ1v) is 45.8. The van der Waals surface area contributed by atoms with Crippen molar-refractivity contribution in [2.75, 3.05) is 23.1 Å². The van der Waals surface area contributed by atoms with Crippen molar-refractivity contribution in [2.24, 2.45) is 39.0 Å². The number of nitrogens with one attached hydrogen (secondary N) is 2. The molecule has 117 heavy (non-hydrogen) atoms. The average molecular weight is 1810 g/mol. The minimum Gasteiger partial charge on any atom is -0.405 e. The number of amides is 2. The summed E-state index contributed by atoms with van der Waals surface area (Å²) in [5, 5.41) is 7.45. The predicted octanol–water partition coefficient (Wildman–Crippen LogP) is 11.9. The van der Waals surface area contributed by atoms with Gasteiger partial charge in [0, 0.05) is 136 Å². The van der Waals surface area contributed by atoms with Crippen molar-refractivity contribution in [3.05, 3.63) is 190 Å². The van der Waals surface area contributed by atoms with Crippen LogP contribution >= 0.6 is 31.9 Å². The second-order valence-corrected chi connectivity index (χ2v) is 44.1. The number of aryl methyl sites for hydroxylation is 6. The van der Waals surface area contributed by atoms with Gasteiger partial charge in [0.15, 0.2) is 19.7 Å². The lowest BCUT2D eigenvalue weighted by atomic mass is 9.49. The second-order valence-electron chi connectivity index (χ2n) is 34.8. The topological polar surface area (TPSA) is 331 Å². The number of fused-ring (bicyclic) bond motifs is 5. The molecule has 2 N–H and O–H groups in total. The fourth-order valence-electron chi connectivity index (χ4n) is 13.7. The third-order valence-corrected chi connectivity index (χ3v) is 30.0. The van der Waals surface area contributed by atoms with Crippen LogP contribution < -0.4 is 32.8 Å². The van der Waals surface area contributed by atoms with E-state index in [-0.39, 0.29) is 76.0 Å². The van der Waals surface area contributed by atoms with Crippen LogP contribution in [0.25, 0.3) is 43.8 Å². The summed E-state index contributed by atoms with van der Waals surface area (Å²) in [5.74, 6) is -0.237. The van der Waals surface area contributed by atoms with Crippen LogP contribution in [0.3, 0.4) is 0 Å². The number of hydrogen-bond acceptors (Lipinski definition) is 19.